The van der Waals surface area contributed by atoms with Crippen LogP contribution in [0.4, 0.5) is 5.69 Å². The molecule has 0 spiro atoms. The predicted molar refractivity (Wildman–Crippen MR) is 74.2 cm³/mol. The Labute approximate surface area is 115 Å². The lowest BCUT2D eigenvalue weighted by molar-refractivity contribution is -0.122. The van der Waals surface area contributed by atoms with E-state index in [1.54, 1.807) is 11.1 Å². The van der Waals surface area contributed by atoms with Crippen LogP contribution in [0.1, 0.15) is 12.8 Å². The third-order valence-electron chi connectivity index (χ3n) is 4.03. The van der Waals surface area contributed by atoms with Gasteiger partial charge in [-0.25, -0.2) is 4.98 Å². The summed E-state index contributed by atoms with van der Waals surface area (Å²) in [6.45, 7) is 0. The van der Waals surface area contributed by atoms with E-state index >= 15 is 0 Å². The van der Waals surface area contributed by atoms with Crippen LogP contribution in [0.5, 0.6) is 0 Å². The Hall–Kier alpha value is -1.16. The Balaban J connectivity index is 1.76. The molecule has 1 aromatic rings. The number of hydrogen-bond acceptors (Lipinski definition) is 2. The van der Waals surface area contributed by atoms with Crippen LogP contribution < -0.4 is 4.90 Å². The standard InChI is InChI=1S/C14H15BrN2O/c1-17(11-4-5-13(15)16-8-11)14(18)12-7-9-2-3-10(12)6-9/h2-5,8-10,12H,6-7H2,1H3. The van der Waals surface area contributed by atoms with Gasteiger partial charge in [0.2, 0.25) is 5.91 Å². The van der Waals surface area contributed by atoms with Crippen LogP contribution >= 0.6 is 15.9 Å². The van der Waals surface area contributed by atoms with Gasteiger partial charge in [0, 0.05) is 13.0 Å². The molecule has 2 bridgehead atoms. The molecule has 3 unspecified atom stereocenters. The fraction of sp³-hybridized carbons (Fsp3) is 0.429. The number of rotatable bonds is 2. The molecule has 0 saturated heterocycles. The molecule has 0 radical (unpaired) electrons. The van der Waals surface area contributed by atoms with Gasteiger partial charge in [0.1, 0.15) is 4.60 Å². The fourth-order valence-corrected chi connectivity index (χ4v) is 3.24. The van der Waals surface area contributed by atoms with Gasteiger partial charge in [0.25, 0.3) is 0 Å². The van der Waals surface area contributed by atoms with Crippen LogP contribution in [-0.4, -0.2) is 17.9 Å². The Kier molecular flexibility index (Phi) is 2.98. The van der Waals surface area contributed by atoms with Crippen LogP contribution in [0.3, 0.4) is 0 Å². The molecule has 2 aliphatic rings. The first-order valence-electron chi connectivity index (χ1n) is 6.22. The van der Waals surface area contributed by atoms with Gasteiger partial charge >= 0.3 is 0 Å². The summed E-state index contributed by atoms with van der Waals surface area (Å²) in [5.41, 5.74) is 0.856. The quantitative estimate of drug-likeness (QED) is 0.621. The average Bonchev–Trinajstić information content (AvgIpc) is 3.00. The maximum Gasteiger partial charge on any atom is 0.230 e. The molecule has 1 heterocycles. The number of carbonyl (C=O) groups is 1. The smallest absolute Gasteiger partial charge is 0.230 e. The summed E-state index contributed by atoms with van der Waals surface area (Å²) in [7, 11) is 1.84. The van der Waals surface area contributed by atoms with E-state index in [1.165, 1.54) is 0 Å². The third-order valence-corrected chi connectivity index (χ3v) is 4.49. The monoisotopic (exact) mass is 306 g/mol. The summed E-state index contributed by atoms with van der Waals surface area (Å²) in [5, 5.41) is 0. The van der Waals surface area contributed by atoms with Crippen molar-refractivity contribution >= 4 is 27.5 Å². The van der Waals surface area contributed by atoms with Gasteiger partial charge in [-0.1, -0.05) is 12.2 Å². The van der Waals surface area contributed by atoms with Crippen LogP contribution in [-0.2, 0) is 4.79 Å². The number of carbonyl (C=O) groups excluding carboxylic acids is 1. The molecule has 18 heavy (non-hydrogen) atoms. The normalized spacial score (nSPS) is 28.7. The van der Waals surface area contributed by atoms with Crippen molar-refractivity contribution in [3.63, 3.8) is 0 Å². The van der Waals surface area contributed by atoms with Gasteiger partial charge in [-0.2, -0.15) is 0 Å². The lowest BCUT2D eigenvalue weighted by Crippen LogP contribution is -2.34. The van der Waals surface area contributed by atoms with Crippen LogP contribution in [0.25, 0.3) is 0 Å². The lowest BCUT2D eigenvalue weighted by atomic mass is 9.92. The van der Waals surface area contributed by atoms with E-state index in [0.717, 1.165) is 23.1 Å². The maximum atomic E-state index is 12.5. The minimum atomic E-state index is 0.161. The molecule has 0 N–H and O–H groups in total. The Morgan fingerprint density at radius 1 is 1.39 bits per heavy atom. The van der Waals surface area contributed by atoms with Crippen LogP contribution in [0.15, 0.2) is 35.1 Å². The number of hydrogen-bond donors (Lipinski definition) is 0. The lowest BCUT2D eigenvalue weighted by Gasteiger charge is -2.24. The molecule has 0 aliphatic heterocycles. The van der Waals surface area contributed by atoms with Crippen molar-refractivity contribution in [2.75, 3.05) is 11.9 Å². The Bertz CT molecular complexity index is 497. The minimum Gasteiger partial charge on any atom is -0.314 e. The summed E-state index contributed by atoms with van der Waals surface area (Å²) in [6.07, 6.45) is 8.36. The molecule has 94 valence electrons. The van der Waals surface area contributed by atoms with Crippen molar-refractivity contribution in [2.24, 2.45) is 17.8 Å². The number of nitrogens with zero attached hydrogens (tertiary/aromatic N) is 2. The molecular formula is C14H15BrN2O. The summed E-state index contributed by atoms with van der Waals surface area (Å²) in [6, 6.07) is 3.78. The number of fused-ring (bicyclic) bond motifs is 2. The molecule has 1 saturated carbocycles. The number of aromatic nitrogens is 1. The molecule has 2 aliphatic carbocycles. The number of halogens is 1. The third kappa shape index (κ3) is 1.99. The van der Waals surface area contributed by atoms with Crippen molar-refractivity contribution in [2.45, 2.75) is 12.8 Å². The Morgan fingerprint density at radius 3 is 2.78 bits per heavy atom. The highest BCUT2D eigenvalue weighted by Gasteiger charge is 2.41. The molecule has 3 atom stereocenters. The topological polar surface area (TPSA) is 33.2 Å². The van der Waals surface area contributed by atoms with Gasteiger partial charge in [-0.05, 0) is 52.7 Å². The van der Waals surface area contributed by atoms with E-state index in [0.29, 0.717) is 11.8 Å². The number of amides is 1. The first-order chi connectivity index (χ1) is 8.65. The first-order valence-corrected chi connectivity index (χ1v) is 7.02. The zero-order valence-corrected chi connectivity index (χ0v) is 11.8. The zero-order valence-electron chi connectivity index (χ0n) is 10.2. The van der Waals surface area contributed by atoms with Crippen molar-refractivity contribution in [3.8, 4) is 0 Å². The molecule has 4 heteroatoms. The molecule has 0 aromatic carbocycles. The highest BCUT2D eigenvalue weighted by molar-refractivity contribution is 9.10. The highest BCUT2D eigenvalue weighted by atomic mass is 79.9. The SMILES string of the molecule is CN(C(=O)C1CC2C=CC1C2)c1ccc(Br)nc1. The maximum absolute atomic E-state index is 12.5. The van der Waals surface area contributed by atoms with E-state index in [4.69, 9.17) is 0 Å². The van der Waals surface area contributed by atoms with Gasteiger partial charge in [0.05, 0.1) is 11.9 Å². The van der Waals surface area contributed by atoms with Gasteiger partial charge < -0.3 is 4.90 Å². The second-order valence-electron chi connectivity index (χ2n) is 5.12. The van der Waals surface area contributed by atoms with Gasteiger partial charge in [-0.15, -0.1) is 0 Å². The molecule has 1 fully saturated rings. The largest absolute Gasteiger partial charge is 0.314 e. The molecule has 1 amide bonds. The number of pyridine rings is 1. The van der Waals surface area contributed by atoms with E-state index in [2.05, 4.69) is 33.1 Å². The van der Waals surface area contributed by atoms with Crippen molar-refractivity contribution in [1.29, 1.82) is 0 Å². The predicted octanol–water partition coefficient (Wildman–Crippen LogP) is 3.02. The zero-order chi connectivity index (χ0) is 12.7. The molecule has 3 nitrogen and oxygen atoms in total. The van der Waals surface area contributed by atoms with E-state index in [-0.39, 0.29) is 11.8 Å². The molecule has 1 aromatic heterocycles. The second-order valence-corrected chi connectivity index (χ2v) is 5.94. The van der Waals surface area contributed by atoms with Gasteiger partial charge in [0.15, 0.2) is 0 Å². The second kappa shape index (κ2) is 4.50. The minimum absolute atomic E-state index is 0.161. The number of anilines is 1. The number of allylic oxidation sites excluding steroid dienone is 2. The summed E-state index contributed by atoms with van der Waals surface area (Å²) in [4.78, 5) is 18.4. The van der Waals surface area contributed by atoms with Crippen LogP contribution in [0, 0.1) is 17.8 Å². The van der Waals surface area contributed by atoms with Gasteiger partial charge in [-0.3, -0.25) is 4.79 Å². The van der Waals surface area contributed by atoms with Crippen molar-refractivity contribution in [1.82, 2.24) is 4.98 Å². The van der Waals surface area contributed by atoms with Crippen molar-refractivity contribution in [3.05, 3.63) is 35.1 Å². The van der Waals surface area contributed by atoms with E-state index < -0.39 is 0 Å². The van der Waals surface area contributed by atoms with Crippen LogP contribution in [0.2, 0.25) is 0 Å². The van der Waals surface area contributed by atoms with E-state index in [1.807, 2.05) is 19.2 Å². The van der Waals surface area contributed by atoms with E-state index in [9.17, 15) is 4.79 Å². The summed E-state index contributed by atoms with van der Waals surface area (Å²) >= 11 is 3.30. The van der Waals surface area contributed by atoms with Crippen molar-refractivity contribution < 1.29 is 4.79 Å². The Morgan fingerprint density at radius 2 is 2.22 bits per heavy atom. The highest BCUT2D eigenvalue weighted by Crippen LogP contribution is 2.44. The summed E-state index contributed by atoms with van der Waals surface area (Å²) in [5.74, 6) is 1.46. The average molecular weight is 307 g/mol. The first kappa shape index (κ1) is 11.9. The fourth-order valence-electron chi connectivity index (χ4n) is 3.01. The molecule has 3 rings (SSSR count). The summed E-state index contributed by atoms with van der Waals surface area (Å²) < 4.78 is 0.787. The molecular weight excluding hydrogens is 292 g/mol.